The first kappa shape index (κ1) is 15.6. The van der Waals surface area contributed by atoms with E-state index in [4.69, 9.17) is 5.73 Å². The largest absolute Gasteiger partial charge is 0.355 e. The van der Waals surface area contributed by atoms with Crippen LogP contribution in [0.4, 0.5) is 4.39 Å². The molecule has 0 unspecified atom stereocenters. The number of carbonyl (C=O) groups is 1. The molecule has 0 aromatic heterocycles. The third-order valence-electron chi connectivity index (χ3n) is 2.81. The first-order chi connectivity index (χ1) is 9.06. The number of hydrogen-bond acceptors (Lipinski definition) is 3. The van der Waals surface area contributed by atoms with Crippen LogP contribution in [0.3, 0.4) is 0 Å². The van der Waals surface area contributed by atoms with Gasteiger partial charge in [-0.05, 0) is 36.7 Å². The standard InChI is InChI=1S/C14H22FN3O/c1-3-6-17-14(19)10-18(2)9-11-4-5-13(15)7-12(11)8-16/h4-5,7H,3,6,8-10,16H2,1-2H3,(H,17,19). The summed E-state index contributed by atoms with van der Waals surface area (Å²) in [5, 5.41) is 2.82. The summed E-state index contributed by atoms with van der Waals surface area (Å²) >= 11 is 0. The Bertz CT molecular complexity index is 423. The summed E-state index contributed by atoms with van der Waals surface area (Å²) in [6.07, 6.45) is 0.921. The van der Waals surface area contributed by atoms with Gasteiger partial charge in [-0.3, -0.25) is 9.69 Å². The number of hydrogen-bond donors (Lipinski definition) is 2. The molecule has 0 bridgehead atoms. The van der Waals surface area contributed by atoms with Gasteiger partial charge in [-0.2, -0.15) is 0 Å². The molecule has 106 valence electrons. The summed E-state index contributed by atoms with van der Waals surface area (Å²) in [5.41, 5.74) is 7.33. The predicted octanol–water partition coefficient (Wildman–Crippen LogP) is 1.24. The highest BCUT2D eigenvalue weighted by Gasteiger charge is 2.09. The monoisotopic (exact) mass is 267 g/mol. The number of nitrogens with zero attached hydrogens (tertiary/aromatic N) is 1. The molecule has 0 saturated heterocycles. The van der Waals surface area contributed by atoms with Gasteiger partial charge in [0.1, 0.15) is 5.82 Å². The van der Waals surface area contributed by atoms with E-state index in [1.165, 1.54) is 12.1 Å². The fourth-order valence-corrected chi connectivity index (χ4v) is 1.85. The second-order valence-corrected chi connectivity index (χ2v) is 4.64. The van der Waals surface area contributed by atoms with Crippen molar-refractivity contribution in [3.05, 3.63) is 35.1 Å². The molecule has 0 fully saturated rings. The molecule has 1 aromatic rings. The number of halogens is 1. The molecule has 0 heterocycles. The van der Waals surface area contributed by atoms with Crippen LogP contribution in [0, 0.1) is 5.82 Å². The Morgan fingerprint density at radius 3 is 2.79 bits per heavy atom. The predicted molar refractivity (Wildman–Crippen MR) is 73.9 cm³/mol. The molecule has 1 rings (SSSR count). The van der Waals surface area contributed by atoms with E-state index >= 15 is 0 Å². The van der Waals surface area contributed by atoms with Gasteiger partial charge < -0.3 is 11.1 Å². The summed E-state index contributed by atoms with van der Waals surface area (Å²) < 4.78 is 13.1. The summed E-state index contributed by atoms with van der Waals surface area (Å²) in [7, 11) is 1.86. The van der Waals surface area contributed by atoms with Crippen LogP contribution in [-0.2, 0) is 17.9 Å². The summed E-state index contributed by atoms with van der Waals surface area (Å²) in [5.74, 6) is -0.284. The molecule has 5 heteroatoms. The molecule has 1 aromatic carbocycles. The highest BCUT2D eigenvalue weighted by Crippen LogP contribution is 2.12. The third-order valence-corrected chi connectivity index (χ3v) is 2.81. The molecule has 4 nitrogen and oxygen atoms in total. The lowest BCUT2D eigenvalue weighted by Crippen LogP contribution is -2.35. The van der Waals surface area contributed by atoms with Crippen LogP contribution in [0.25, 0.3) is 0 Å². The number of nitrogens with two attached hydrogens (primary N) is 1. The van der Waals surface area contributed by atoms with Crippen LogP contribution in [0.5, 0.6) is 0 Å². The Kier molecular flexibility index (Phi) is 6.45. The van der Waals surface area contributed by atoms with Gasteiger partial charge in [0, 0.05) is 19.6 Å². The molecule has 0 spiro atoms. The lowest BCUT2D eigenvalue weighted by atomic mass is 10.1. The fourth-order valence-electron chi connectivity index (χ4n) is 1.85. The lowest BCUT2D eigenvalue weighted by Gasteiger charge is -2.18. The van der Waals surface area contributed by atoms with Gasteiger partial charge >= 0.3 is 0 Å². The molecule has 0 atom stereocenters. The molecule has 1 amide bonds. The van der Waals surface area contributed by atoms with Crippen molar-refractivity contribution in [1.29, 1.82) is 0 Å². The van der Waals surface area contributed by atoms with Gasteiger partial charge in [-0.25, -0.2) is 4.39 Å². The van der Waals surface area contributed by atoms with E-state index < -0.39 is 0 Å². The molecule has 3 N–H and O–H groups in total. The van der Waals surface area contributed by atoms with Gasteiger partial charge in [0.15, 0.2) is 0 Å². The van der Waals surface area contributed by atoms with Crippen molar-refractivity contribution < 1.29 is 9.18 Å². The van der Waals surface area contributed by atoms with Gasteiger partial charge in [0.05, 0.1) is 6.54 Å². The van der Waals surface area contributed by atoms with Crippen molar-refractivity contribution in [2.75, 3.05) is 20.1 Å². The number of benzene rings is 1. The van der Waals surface area contributed by atoms with Crippen LogP contribution in [0.2, 0.25) is 0 Å². The summed E-state index contributed by atoms with van der Waals surface area (Å²) in [6, 6.07) is 4.58. The van der Waals surface area contributed by atoms with Crippen LogP contribution < -0.4 is 11.1 Å². The Labute approximate surface area is 113 Å². The van der Waals surface area contributed by atoms with E-state index in [9.17, 15) is 9.18 Å². The maximum atomic E-state index is 13.1. The SMILES string of the molecule is CCCNC(=O)CN(C)Cc1ccc(F)cc1CN. The second kappa shape index (κ2) is 7.86. The van der Waals surface area contributed by atoms with E-state index in [-0.39, 0.29) is 11.7 Å². The van der Waals surface area contributed by atoms with Crippen molar-refractivity contribution in [2.45, 2.75) is 26.4 Å². The van der Waals surface area contributed by atoms with Gasteiger partial charge in [0.25, 0.3) is 0 Å². The molecule has 0 aliphatic heterocycles. The van der Waals surface area contributed by atoms with Crippen LogP contribution in [0.15, 0.2) is 18.2 Å². The maximum absolute atomic E-state index is 13.1. The Morgan fingerprint density at radius 2 is 2.16 bits per heavy atom. The maximum Gasteiger partial charge on any atom is 0.234 e. The normalized spacial score (nSPS) is 10.8. The number of carbonyl (C=O) groups excluding carboxylic acids is 1. The van der Waals surface area contributed by atoms with E-state index in [0.717, 1.165) is 17.5 Å². The fraction of sp³-hybridized carbons (Fsp3) is 0.500. The molecule has 0 aliphatic rings. The van der Waals surface area contributed by atoms with Gasteiger partial charge in [-0.1, -0.05) is 13.0 Å². The molecule has 19 heavy (non-hydrogen) atoms. The average molecular weight is 267 g/mol. The molecule has 0 radical (unpaired) electrons. The number of likely N-dealkylation sites (N-methyl/N-ethyl adjacent to an activating group) is 1. The smallest absolute Gasteiger partial charge is 0.234 e. The molecule has 0 saturated carbocycles. The number of nitrogens with one attached hydrogen (secondary N) is 1. The zero-order valence-corrected chi connectivity index (χ0v) is 11.6. The average Bonchev–Trinajstić information content (AvgIpc) is 2.38. The number of amides is 1. The summed E-state index contributed by atoms with van der Waals surface area (Å²) in [6.45, 7) is 3.89. The van der Waals surface area contributed by atoms with Crippen LogP contribution in [-0.4, -0.2) is 30.9 Å². The highest BCUT2D eigenvalue weighted by atomic mass is 19.1. The minimum absolute atomic E-state index is 0.000704. The molecule has 0 aliphatic carbocycles. The lowest BCUT2D eigenvalue weighted by molar-refractivity contribution is -0.122. The topological polar surface area (TPSA) is 58.4 Å². The van der Waals surface area contributed by atoms with E-state index in [0.29, 0.717) is 26.2 Å². The quantitative estimate of drug-likeness (QED) is 0.781. The first-order valence-corrected chi connectivity index (χ1v) is 6.49. The Hall–Kier alpha value is -1.46. The molecular formula is C14H22FN3O. The number of rotatable bonds is 7. The minimum atomic E-state index is -0.285. The second-order valence-electron chi connectivity index (χ2n) is 4.64. The van der Waals surface area contributed by atoms with Crippen LogP contribution in [0.1, 0.15) is 24.5 Å². The molecular weight excluding hydrogens is 245 g/mol. The van der Waals surface area contributed by atoms with E-state index in [1.54, 1.807) is 6.07 Å². The zero-order chi connectivity index (χ0) is 14.3. The Morgan fingerprint density at radius 1 is 1.42 bits per heavy atom. The Balaban J connectivity index is 2.56. The van der Waals surface area contributed by atoms with Crippen molar-refractivity contribution in [3.8, 4) is 0 Å². The highest BCUT2D eigenvalue weighted by molar-refractivity contribution is 5.77. The van der Waals surface area contributed by atoms with Crippen molar-refractivity contribution in [2.24, 2.45) is 5.73 Å². The zero-order valence-electron chi connectivity index (χ0n) is 11.6. The van der Waals surface area contributed by atoms with E-state index in [2.05, 4.69) is 5.32 Å². The van der Waals surface area contributed by atoms with Crippen LogP contribution >= 0.6 is 0 Å². The first-order valence-electron chi connectivity index (χ1n) is 6.49. The van der Waals surface area contributed by atoms with Crippen molar-refractivity contribution in [3.63, 3.8) is 0 Å². The van der Waals surface area contributed by atoms with Crippen molar-refractivity contribution in [1.82, 2.24) is 10.2 Å². The van der Waals surface area contributed by atoms with E-state index in [1.807, 2.05) is 18.9 Å². The van der Waals surface area contributed by atoms with Gasteiger partial charge in [0.2, 0.25) is 5.91 Å². The minimum Gasteiger partial charge on any atom is -0.355 e. The summed E-state index contributed by atoms with van der Waals surface area (Å²) in [4.78, 5) is 13.5. The third kappa shape index (κ3) is 5.36. The van der Waals surface area contributed by atoms with Crippen molar-refractivity contribution >= 4 is 5.91 Å². The van der Waals surface area contributed by atoms with Gasteiger partial charge in [-0.15, -0.1) is 0 Å².